The highest BCUT2D eigenvalue weighted by Crippen LogP contribution is 2.29. The van der Waals surface area contributed by atoms with E-state index < -0.39 is 6.04 Å². The Morgan fingerprint density at radius 2 is 1.65 bits per heavy atom. The molecule has 0 aliphatic carbocycles. The third-order valence-electron chi connectivity index (χ3n) is 8.36. The van der Waals surface area contributed by atoms with Crippen molar-refractivity contribution in [2.24, 2.45) is 0 Å². The zero-order valence-electron chi connectivity index (χ0n) is 27.1. The van der Waals surface area contributed by atoms with Gasteiger partial charge in [0.1, 0.15) is 35.1 Å². The molecule has 1 atom stereocenters. The molecule has 3 heterocycles. The number of carbonyl (C=O) groups is 1. The average Bonchev–Trinajstić information content (AvgIpc) is 3.48. The van der Waals surface area contributed by atoms with Gasteiger partial charge in [-0.3, -0.25) is 9.78 Å². The molecular formula is C37H41N5O4. The quantitative estimate of drug-likeness (QED) is 0.185. The lowest BCUT2D eigenvalue weighted by molar-refractivity contribution is 0.0923. The van der Waals surface area contributed by atoms with Gasteiger partial charge in [-0.15, -0.1) is 0 Å². The minimum Gasteiger partial charge on any atom is -0.490 e. The number of carbonyl (C=O) groups excluding carboxylic acids is 1. The van der Waals surface area contributed by atoms with Crippen molar-refractivity contribution in [3.8, 4) is 17.2 Å². The Balaban J connectivity index is 1.15. The number of ether oxygens (including phenoxy) is 2. The standard InChI is InChI=1S/C37H41N5O4/c1-24-39-36(46-41-24)34(20-25-6-11-29(12-7-25)44-31-16-18-42(5)19-17-31)40-35(43)33-22-27-21-32(13-8-26(27)23-38-33)45-30-14-9-28(10-15-30)37(2,3)4/h6-15,21-23,31,34H,16-20H2,1-5H3,(H,40,43)/t34-/m0/s1. The number of fused-ring (bicyclic) bond motifs is 1. The van der Waals surface area contributed by atoms with Crippen LogP contribution in [0, 0.1) is 6.92 Å². The molecule has 2 aromatic heterocycles. The van der Waals surface area contributed by atoms with E-state index in [0.717, 1.165) is 53.8 Å². The van der Waals surface area contributed by atoms with Gasteiger partial charge in [0, 0.05) is 31.1 Å². The summed E-state index contributed by atoms with van der Waals surface area (Å²) in [6, 6.07) is 23.1. The number of pyridine rings is 1. The lowest BCUT2D eigenvalue weighted by atomic mass is 9.87. The second-order valence-corrected chi connectivity index (χ2v) is 13.1. The molecule has 6 rings (SSSR count). The smallest absolute Gasteiger partial charge is 0.270 e. The molecule has 3 aromatic carbocycles. The van der Waals surface area contributed by atoms with Gasteiger partial charge in [-0.05, 0) is 97.3 Å². The maximum absolute atomic E-state index is 13.5. The maximum atomic E-state index is 13.5. The molecule has 1 fully saturated rings. The van der Waals surface area contributed by atoms with Crippen LogP contribution in [0.1, 0.15) is 73.0 Å². The van der Waals surface area contributed by atoms with Gasteiger partial charge in [-0.1, -0.05) is 50.2 Å². The number of aromatic nitrogens is 3. The zero-order chi connectivity index (χ0) is 32.3. The van der Waals surface area contributed by atoms with Crippen molar-refractivity contribution in [1.29, 1.82) is 0 Å². The van der Waals surface area contributed by atoms with Crippen molar-refractivity contribution in [1.82, 2.24) is 25.3 Å². The first-order chi connectivity index (χ1) is 22.1. The van der Waals surface area contributed by atoms with Gasteiger partial charge in [0.25, 0.3) is 5.91 Å². The predicted octanol–water partition coefficient (Wildman–Crippen LogP) is 7.20. The Hall–Kier alpha value is -4.76. The summed E-state index contributed by atoms with van der Waals surface area (Å²) in [6.07, 6.45) is 4.42. The largest absolute Gasteiger partial charge is 0.490 e. The molecule has 0 radical (unpaired) electrons. The van der Waals surface area contributed by atoms with Crippen molar-refractivity contribution in [3.05, 3.63) is 108 Å². The summed E-state index contributed by atoms with van der Waals surface area (Å²) in [4.78, 5) is 24.7. The van der Waals surface area contributed by atoms with Crippen molar-refractivity contribution in [3.63, 3.8) is 0 Å². The van der Waals surface area contributed by atoms with Gasteiger partial charge in [-0.25, -0.2) is 0 Å². The van der Waals surface area contributed by atoms with Crippen LogP contribution in [-0.2, 0) is 11.8 Å². The van der Waals surface area contributed by atoms with Crippen molar-refractivity contribution in [2.45, 2.75) is 64.5 Å². The minimum absolute atomic E-state index is 0.0679. The molecule has 1 amide bonds. The molecule has 46 heavy (non-hydrogen) atoms. The van der Waals surface area contributed by atoms with Crippen LogP contribution in [0.2, 0.25) is 0 Å². The van der Waals surface area contributed by atoms with Crippen LogP contribution in [0.3, 0.4) is 0 Å². The Labute approximate surface area is 269 Å². The van der Waals surface area contributed by atoms with Crippen LogP contribution < -0.4 is 14.8 Å². The van der Waals surface area contributed by atoms with Crippen LogP contribution in [0.5, 0.6) is 17.2 Å². The summed E-state index contributed by atoms with van der Waals surface area (Å²) in [5.41, 5.74) is 2.59. The van der Waals surface area contributed by atoms with Gasteiger partial charge >= 0.3 is 0 Å². The summed E-state index contributed by atoms with van der Waals surface area (Å²) in [5.74, 6) is 2.77. The van der Waals surface area contributed by atoms with Gasteiger partial charge in [0.05, 0.1) is 0 Å². The highest BCUT2D eigenvalue weighted by atomic mass is 16.5. The second kappa shape index (κ2) is 13.3. The molecule has 5 aromatic rings. The molecule has 0 saturated carbocycles. The van der Waals surface area contributed by atoms with E-state index in [-0.39, 0.29) is 23.1 Å². The van der Waals surface area contributed by atoms with E-state index in [1.807, 2.05) is 54.6 Å². The predicted molar refractivity (Wildman–Crippen MR) is 177 cm³/mol. The number of amides is 1. The van der Waals surface area contributed by atoms with Gasteiger partial charge in [0.15, 0.2) is 5.82 Å². The first-order valence-corrected chi connectivity index (χ1v) is 15.8. The molecule has 238 valence electrons. The van der Waals surface area contributed by atoms with Crippen molar-refractivity contribution < 1.29 is 18.8 Å². The van der Waals surface area contributed by atoms with E-state index in [4.69, 9.17) is 14.0 Å². The topological polar surface area (TPSA) is 103 Å². The monoisotopic (exact) mass is 619 g/mol. The number of aryl methyl sites for hydroxylation is 1. The second-order valence-electron chi connectivity index (χ2n) is 13.1. The molecule has 1 aliphatic rings. The molecular weight excluding hydrogens is 578 g/mol. The summed E-state index contributed by atoms with van der Waals surface area (Å²) in [5, 5.41) is 8.77. The number of nitrogens with one attached hydrogen (secondary N) is 1. The van der Waals surface area contributed by atoms with E-state index in [0.29, 0.717) is 23.9 Å². The van der Waals surface area contributed by atoms with E-state index in [2.05, 4.69) is 65.3 Å². The Morgan fingerprint density at radius 3 is 2.33 bits per heavy atom. The number of nitrogens with zero attached hydrogens (tertiary/aromatic N) is 4. The third-order valence-corrected chi connectivity index (χ3v) is 8.36. The Morgan fingerprint density at radius 1 is 0.957 bits per heavy atom. The molecule has 0 bridgehead atoms. The Bertz CT molecular complexity index is 1790. The molecule has 9 heteroatoms. The normalized spacial score (nSPS) is 15.1. The van der Waals surface area contributed by atoms with Crippen LogP contribution in [0.4, 0.5) is 0 Å². The van der Waals surface area contributed by atoms with Crippen LogP contribution in [0.15, 0.2) is 83.5 Å². The SMILES string of the molecule is Cc1noc([C@H](Cc2ccc(OC3CCN(C)CC3)cc2)NC(=O)c2cc3cc(Oc4ccc(C(C)(C)C)cc4)ccc3cn2)n1. The molecule has 0 spiro atoms. The van der Waals surface area contributed by atoms with E-state index >= 15 is 0 Å². The maximum Gasteiger partial charge on any atom is 0.270 e. The summed E-state index contributed by atoms with van der Waals surface area (Å²) < 4.78 is 17.8. The highest BCUT2D eigenvalue weighted by Gasteiger charge is 2.23. The number of rotatable bonds is 9. The fourth-order valence-corrected chi connectivity index (χ4v) is 5.59. The minimum atomic E-state index is -0.544. The molecule has 0 unspecified atom stereocenters. The molecule has 1 saturated heterocycles. The average molecular weight is 620 g/mol. The lowest BCUT2D eigenvalue weighted by Gasteiger charge is -2.29. The number of hydrogen-bond donors (Lipinski definition) is 1. The summed E-state index contributed by atoms with van der Waals surface area (Å²) in [7, 11) is 2.14. The number of benzene rings is 3. The van der Waals surface area contributed by atoms with E-state index in [1.165, 1.54) is 5.56 Å². The van der Waals surface area contributed by atoms with Crippen molar-refractivity contribution in [2.75, 3.05) is 20.1 Å². The fraction of sp³-hybridized carbons (Fsp3) is 0.351. The van der Waals surface area contributed by atoms with Crippen LogP contribution in [-0.4, -0.2) is 52.2 Å². The third kappa shape index (κ3) is 7.72. The van der Waals surface area contributed by atoms with Crippen molar-refractivity contribution >= 4 is 16.7 Å². The first-order valence-electron chi connectivity index (χ1n) is 15.8. The molecule has 1 N–H and O–H groups in total. The first kappa shape index (κ1) is 31.2. The lowest BCUT2D eigenvalue weighted by Crippen LogP contribution is -2.35. The van der Waals surface area contributed by atoms with Crippen LogP contribution >= 0.6 is 0 Å². The zero-order valence-corrected chi connectivity index (χ0v) is 27.1. The van der Waals surface area contributed by atoms with Gasteiger partial charge in [0.2, 0.25) is 5.89 Å². The fourth-order valence-electron chi connectivity index (χ4n) is 5.59. The highest BCUT2D eigenvalue weighted by molar-refractivity contribution is 5.96. The van der Waals surface area contributed by atoms with Gasteiger partial charge in [-0.2, -0.15) is 4.98 Å². The van der Waals surface area contributed by atoms with Crippen LogP contribution in [0.25, 0.3) is 10.8 Å². The number of hydrogen-bond acceptors (Lipinski definition) is 8. The number of likely N-dealkylation sites (tertiary alicyclic amines) is 1. The summed E-state index contributed by atoms with van der Waals surface area (Å²) in [6.45, 7) is 10.4. The van der Waals surface area contributed by atoms with E-state index in [9.17, 15) is 4.79 Å². The summed E-state index contributed by atoms with van der Waals surface area (Å²) >= 11 is 0. The number of piperidine rings is 1. The molecule has 1 aliphatic heterocycles. The molecule has 9 nitrogen and oxygen atoms in total. The van der Waals surface area contributed by atoms with E-state index in [1.54, 1.807) is 19.2 Å². The Kier molecular flexibility index (Phi) is 9.03. The van der Waals surface area contributed by atoms with Gasteiger partial charge < -0.3 is 24.2 Å².